The Morgan fingerprint density at radius 1 is 1.20 bits per heavy atom. The zero-order valence-corrected chi connectivity index (χ0v) is 13.9. The first kappa shape index (κ1) is 18.1. The molecule has 0 aliphatic rings. The molecule has 0 spiro atoms. The lowest BCUT2D eigenvalue weighted by molar-refractivity contribution is 0.0952. The summed E-state index contributed by atoms with van der Waals surface area (Å²) in [7, 11) is 3.00. The fourth-order valence-electron chi connectivity index (χ4n) is 2.24. The molecule has 6 nitrogen and oxygen atoms in total. The Balaban J connectivity index is 1.94. The average molecular weight is 343 g/mol. The Morgan fingerprint density at radius 3 is 2.68 bits per heavy atom. The van der Waals surface area contributed by atoms with Gasteiger partial charge in [0, 0.05) is 19.2 Å². The SMILES string of the molecule is COc1ccc(C(=O)NCCNc2cccc(F)c2C#N)c(OC)c1. The van der Waals surface area contributed by atoms with Gasteiger partial charge < -0.3 is 20.1 Å². The molecule has 2 N–H and O–H groups in total. The van der Waals surface area contributed by atoms with Crippen LogP contribution in [-0.4, -0.2) is 33.2 Å². The van der Waals surface area contributed by atoms with Crippen LogP contribution in [0.5, 0.6) is 11.5 Å². The first-order valence-electron chi connectivity index (χ1n) is 7.53. The van der Waals surface area contributed by atoms with Gasteiger partial charge in [0.05, 0.1) is 25.5 Å². The van der Waals surface area contributed by atoms with Crippen molar-refractivity contribution >= 4 is 11.6 Å². The molecule has 7 heteroatoms. The van der Waals surface area contributed by atoms with E-state index in [-0.39, 0.29) is 18.0 Å². The quantitative estimate of drug-likeness (QED) is 0.755. The van der Waals surface area contributed by atoms with Crippen LogP contribution in [0.15, 0.2) is 36.4 Å². The maximum Gasteiger partial charge on any atom is 0.255 e. The van der Waals surface area contributed by atoms with E-state index in [4.69, 9.17) is 14.7 Å². The number of rotatable bonds is 7. The summed E-state index contributed by atoms with van der Waals surface area (Å²) in [4.78, 5) is 12.2. The van der Waals surface area contributed by atoms with Gasteiger partial charge in [0.15, 0.2) is 0 Å². The zero-order chi connectivity index (χ0) is 18.2. The number of hydrogen-bond acceptors (Lipinski definition) is 5. The molecular weight excluding hydrogens is 325 g/mol. The second kappa shape index (κ2) is 8.55. The van der Waals surface area contributed by atoms with Gasteiger partial charge in [-0.1, -0.05) is 6.07 Å². The summed E-state index contributed by atoms with van der Waals surface area (Å²) in [6, 6.07) is 11.1. The number of anilines is 1. The molecule has 0 saturated carbocycles. The van der Waals surface area contributed by atoms with Crippen LogP contribution < -0.4 is 20.1 Å². The fraction of sp³-hybridized carbons (Fsp3) is 0.222. The zero-order valence-electron chi connectivity index (χ0n) is 13.9. The summed E-state index contributed by atoms with van der Waals surface area (Å²) in [5.74, 6) is 0.104. The molecule has 1 amide bonds. The monoisotopic (exact) mass is 343 g/mol. The van der Waals surface area contributed by atoms with Crippen molar-refractivity contribution < 1.29 is 18.7 Å². The highest BCUT2D eigenvalue weighted by molar-refractivity contribution is 5.97. The Kier molecular flexibility index (Phi) is 6.18. The molecule has 25 heavy (non-hydrogen) atoms. The highest BCUT2D eigenvalue weighted by atomic mass is 19.1. The molecule has 0 aromatic heterocycles. The Morgan fingerprint density at radius 2 is 2.00 bits per heavy atom. The summed E-state index contributed by atoms with van der Waals surface area (Å²) in [6.45, 7) is 0.623. The number of nitriles is 1. The lowest BCUT2D eigenvalue weighted by Crippen LogP contribution is -2.29. The van der Waals surface area contributed by atoms with Crippen molar-refractivity contribution in [2.45, 2.75) is 0 Å². The van der Waals surface area contributed by atoms with Crippen LogP contribution >= 0.6 is 0 Å². The molecule has 0 saturated heterocycles. The number of nitrogens with zero attached hydrogens (tertiary/aromatic N) is 1. The predicted octanol–water partition coefficient (Wildman–Crippen LogP) is 2.56. The summed E-state index contributed by atoms with van der Waals surface area (Å²) >= 11 is 0. The topological polar surface area (TPSA) is 83.4 Å². The van der Waals surface area contributed by atoms with E-state index < -0.39 is 5.82 Å². The van der Waals surface area contributed by atoms with E-state index in [2.05, 4.69) is 10.6 Å². The average Bonchev–Trinajstić information content (AvgIpc) is 2.64. The van der Waals surface area contributed by atoms with Crippen molar-refractivity contribution in [2.75, 3.05) is 32.6 Å². The van der Waals surface area contributed by atoms with Crippen LogP contribution in [0.25, 0.3) is 0 Å². The molecule has 0 bridgehead atoms. The van der Waals surface area contributed by atoms with Gasteiger partial charge in [-0.3, -0.25) is 4.79 Å². The highest BCUT2D eigenvalue weighted by Crippen LogP contribution is 2.24. The van der Waals surface area contributed by atoms with E-state index in [1.807, 2.05) is 6.07 Å². The molecule has 0 fully saturated rings. The number of benzene rings is 2. The van der Waals surface area contributed by atoms with Gasteiger partial charge >= 0.3 is 0 Å². The second-order valence-corrected chi connectivity index (χ2v) is 5.02. The fourth-order valence-corrected chi connectivity index (χ4v) is 2.24. The number of nitrogens with one attached hydrogen (secondary N) is 2. The molecule has 2 aromatic carbocycles. The highest BCUT2D eigenvalue weighted by Gasteiger charge is 2.13. The summed E-state index contributed by atoms with van der Waals surface area (Å²) < 4.78 is 23.8. The molecule has 0 atom stereocenters. The third-order valence-electron chi connectivity index (χ3n) is 3.50. The minimum atomic E-state index is -0.584. The largest absolute Gasteiger partial charge is 0.497 e. The van der Waals surface area contributed by atoms with Crippen LogP contribution in [0, 0.1) is 17.1 Å². The standard InChI is InChI=1S/C18H18FN3O3/c1-24-12-6-7-13(17(10-12)25-2)18(23)22-9-8-21-16-5-3-4-15(19)14(16)11-20/h3-7,10,21H,8-9H2,1-2H3,(H,22,23). The van der Waals surface area contributed by atoms with Crippen molar-refractivity contribution in [3.63, 3.8) is 0 Å². The van der Waals surface area contributed by atoms with E-state index in [0.29, 0.717) is 29.3 Å². The van der Waals surface area contributed by atoms with Crippen LogP contribution in [-0.2, 0) is 0 Å². The van der Waals surface area contributed by atoms with Gasteiger partial charge in [-0.25, -0.2) is 4.39 Å². The normalized spacial score (nSPS) is 9.84. The Bertz CT molecular complexity index is 803. The first-order chi connectivity index (χ1) is 12.1. The third kappa shape index (κ3) is 4.38. The minimum absolute atomic E-state index is 0.0503. The lowest BCUT2D eigenvalue weighted by atomic mass is 10.1. The molecule has 0 unspecified atom stereocenters. The molecule has 0 aliphatic carbocycles. The number of hydrogen-bond donors (Lipinski definition) is 2. The molecule has 0 radical (unpaired) electrons. The lowest BCUT2D eigenvalue weighted by Gasteiger charge is -2.12. The number of methoxy groups -OCH3 is 2. The number of amides is 1. The second-order valence-electron chi connectivity index (χ2n) is 5.02. The van der Waals surface area contributed by atoms with E-state index in [9.17, 15) is 9.18 Å². The van der Waals surface area contributed by atoms with Gasteiger partial charge in [-0.2, -0.15) is 5.26 Å². The van der Waals surface area contributed by atoms with Crippen molar-refractivity contribution in [1.82, 2.24) is 5.32 Å². The van der Waals surface area contributed by atoms with Crippen molar-refractivity contribution in [2.24, 2.45) is 0 Å². The van der Waals surface area contributed by atoms with Gasteiger partial charge in [-0.15, -0.1) is 0 Å². The Hall–Kier alpha value is -3.27. The number of ether oxygens (including phenoxy) is 2. The smallest absolute Gasteiger partial charge is 0.255 e. The summed E-state index contributed by atoms with van der Waals surface area (Å²) in [6.07, 6.45) is 0. The molecule has 130 valence electrons. The minimum Gasteiger partial charge on any atom is -0.497 e. The van der Waals surface area contributed by atoms with Gasteiger partial charge in [0.1, 0.15) is 28.9 Å². The van der Waals surface area contributed by atoms with Crippen LogP contribution in [0.1, 0.15) is 15.9 Å². The maximum absolute atomic E-state index is 13.5. The maximum atomic E-state index is 13.5. The van der Waals surface area contributed by atoms with Crippen molar-refractivity contribution in [3.8, 4) is 17.6 Å². The van der Waals surface area contributed by atoms with Gasteiger partial charge in [-0.05, 0) is 24.3 Å². The Labute approximate surface area is 145 Å². The molecule has 2 aromatic rings. The van der Waals surface area contributed by atoms with E-state index in [1.54, 1.807) is 24.3 Å². The molecule has 0 aliphatic heterocycles. The van der Waals surface area contributed by atoms with Crippen LogP contribution in [0.3, 0.4) is 0 Å². The van der Waals surface area contributed by atoms with Crippen LogP contribution in [0.4, 0.5) is 10.1 Å². The number of halogens is 1. The van der Waals surface area contributed by atoms with E-state index >= 15 is 0 Å². The molecule has 2 rings (SSSR count). The molecular formula is C18H18FN3O3. The van der Waals surface area contributed by atoms with Crippen molar-refractivity contribution in [3.05, 3.63) is 53.3 Å². The third-order valence-corrected chi connectivity index (χ3v) is 3.50. The first-order valence-corrected chi connectivity index (χ1v) is 7.53. The van der Waals surface area contributed by atoms with E-state index in [1.165, 1.54) is 26.4 Å². The molecule has 0 heterocycles. The predicted molar refractivity (Wildman–Crippen MR) is 91.5 cm³/mol. The summed E-state index contributed by atoms with van der Waals surface area (Å²) in [5, 5.41) is 14.6. The van der Waals surface area contributed by atoms with Gasteiger partial charge in [0.2, 0.25) is 0 Å². The van der Waals surface area contributed by atoms with E-state index in [0.717, 1.165) is 0 Å². The number of carbonyl (C=O) groups is 1. The van der Waals surface area contributed by atoms with Gasteiger partial charge in [0.25, 0.3) is 5.91 Å². The van der Waals surface area contributed by atoms with Crippen LogP contribution in [0.2, 0.25) is 0 Å². The number of carbonyl (C=O) groups excluding carboxylic acids is 1. The van der Waals surface area contributed by atoms with Crippen molar-refractivity contribution in [1.29, 1.82) is 5.26 Å². The summed E-state index contributed by atoms with van der Waals surface area (Å²) in [5.41, 5.74) is 0.719.